The van der Waals surface area contributed by atoms with E-state index in [1.54, 1.807) is 0 Å². The zero-order valence-corrected chi connectivity index (χ0v) is 16.8. The number of nitriles is 1. The molecule has 162 valence electrons. The fourth-order valence-electron chi connectivity index (χ4n) is 4.01. The van der Waals surface area contributed by atoms with Crippen LogP contribution in [0.2, 0.25) is 0 Å². The maximum atomic E-state index is 10.4. The van der Waals surface area contributed by atoms with Gasteiger partial charge in [0.2, 0.25) is 5.82 Å². The molecule has 0 spiro atoms. The van der Waals surface area contributed by atoms with Crippen molar-refractivity contribution in [3.05, 3.63) is 60.2 Å². The number of nitrogens with zero attached hydrogens (tertiary/aromatic N) is 5. The van der Waals surface area contributed by atoms with Crippen molar-refractivity contribution in [1.29, 1.82) is 5.26 Å². The quantitative estimate of drug-likeness (QED) is 0.363. The van der Waals surface area contributed by atoms with Gasteiger partial charge in [-0.2, -0.15) is 15.2 Å². The van der Waals surface area contributed by atoms with Crippen LogP contribution in [0.1, 0.15) is 17.6 Å². The first-order valence-corrected chi connectivity index (χ1v) is 10.1. The van der Waals surface area contributed by atoms with Gasteiger partial charge >= 0.3 is 0 Å². The van der Waals surface area contributed by atoms with Gasteiger partial charge < -0.3 is 25.4 Å². The van der Waals surface area contributed by atoms with Crippen molar-refractivity contribution in [2.24, 2.45) is 0 Å². The zero-order chi connectivity index (χ0) is 22.2. The first kappa shape index (κ1) is 20.3. The van der Waals surface area contributed by atoms with Crippen LogP contribution >= 0.6 is 0 Å². The van der Waals surface area contributed by atoms with Crippen LogP contribution in [-0.4, -0.2) is 59.8 Å². The number of imidazole rings is 1. The van der Waals surface area contributed by atoms with Gasteiger partial charge in [-0.25, -0.2) is 4.98 Å². The Morgan fingerprint density at radius 1 is 1.09 bits per heavy atom. The topological polar surface area (TPSA) is 149 Å². The van der Waals surface area contributed by atoms with E-state index in [9.17, 15) is 20.6 Å². The Bertz CT molecular complexity index is 1330. The summed E-state index contributed by atoms with van der Waals surface area (Å²) >= 11 is 0. The molecule has 0 amide bonds. The van der Waals surface area contributed by atoms with E-state index in [1.807, 2.05) is 48.5 Å². The van der Waals surface area contributed by atoms with Crippen LogP contribution in [0.15, 0.2) is 48.8 Å². The summed E-state index contributed by atoms with van der Waals surface area (Å²) in [5, 5.41) is 44.7. The summed E-state index contributed by atoms with van der Waals surface area (Å²) in [6.45, 7) is -0.00330. The lowest BCUT2D eigenvalue weighted by Gasteiger charge is -2.16. The Morgan fingerprint density at radius 3 is 2.69 bits per heavy atom. The lowest BCUT2D eigenvalue weighted by molar-refractivity contribution is -0.0511. The molecule has 0 bridgehead atoms. The van der Waals surface area contributed by atoms with Crippen molar-refractivity contribution in [1.82, 2.24) is 19.5 Å². The minimum Gasteiger partial charge on any atom is -0.394 e. The van der Waals surface area contributed by atoms with E-state index in [2.05, 4.69) is 20.3 Å². The minimum atomic E-state index is -1.29. The van der Waals surface area contributed by atoms with Gasteiger partial charge in [0.1, 0.15) is 24.4 Å². The van der Waals surface area contributed by atoms with Gasteiger partial charge in [-0.3, -0.25) is 4.57 Å². The van der Waals surface area contributed by atoms with Crippen molar-refractivity contribution in [3.63, 3.8) is 0 Å². The Kier molecular flexibility index (Phi) is 5.16. The highest BCUT2D eigenvalue weighted by molar-refractivity contribution is 5.87. The van der Waals surface area contributed by atoms with Gasteiger partial charge in [0.25, 0.3) is 0 Å². The molecule has 5 rings (SSSR count). The maximum Gasteiger partial charge on any atom is 0.236 e. The van der Waals surface area contributed by atoms with Gasteiger partial charge in [0, 0.05) is 6.54 Å². The summed E-state index contributed by atoms with van der Waals surface area (Å²) < 4.78 is 7.02. The number of aliphatic hydroxyl groups excluding tert-OH is 3. The number of ether oxygens (including phenoxy) is 1. The number of anilines is 1. The third kappa shape index (κ3) is 3.34. The predicted molar refractivity (Wildman–Crippen MR) is 114 cm³/mol. The Hall–Kier alpha value is -3.62. The molecule has 2 aromatic carbocycles. The number of benzene rings is 2. The molecule has 1 aliphatic rings. The average molecular weight is 432 g/mol. The Balaban J connectivity index is 1.51. The molecule has 4 N–H and O–H groups in total. The fourth-order valence-corrected chi connectivity index (χ4v) is 4.01. The zero-order valence-electron chi connectivity index (χ0n) is 16.8. The average Bonchev–Trinajstić information content (AvgIpc) is 3.37. The third-order valence-corrected chi connectivity index (χ3v) is 5.64. The van der Waals surface area contributed by atoms with Gasteiger partial charge in [0.05, 0.1) is 12.9 Å². The predicted octanol–water partition coefficient (Wildman–Crippen LogP) is 1.07. The van der Waals surface area contributed by atoms with Crippen molar-refractivity contribution in [2.75, 3.05) is 11.9 Å². The molecular formula is C22H20N6O4. The van der Waals surface area contributed by atoms with Crippen molar-refractivity contribution in [2.45, 2.75) is 31.1 Å². The lowest BCUT2D eigenvalue weighted by atomic mass is 10.0. The van der Waals surface area contributed by atoms with Crippen LogP contribution in [0.25, 0.3) is 21.9 Å². The largest absolute Gasteiger partial charge is 0.394 e. The molecule has 1 aliphatic heterocycles. The molecule has 10 heteroatoms. The molecular weight excluding hydrogens is 412 g/mol. The highest BCUT2D eigenvalue weighted by Gasteiger charge is 2.44. The molecule has 0 aliphatic carbocycles. The van der Waals surface area contributed by atoms with Gasteiger partial charge in [-0.15, -0.1) is 0 Å². The smallest absolute Gasteiger partial charge is 0.236 e. The highest BCUT2D eigenvalue weighted by atomic mass is 16.6. The molecule has 3 heterocycles. The van der Waals surface area contributed by atoms with Crippen molar-refractivity contribution in [3.8, 4) is 6.07 Å². The van der Waals surface area contributed by atoms with Crippen LogP contribution in [0.5, 0.6) is 0 Å². The summed E-state index contributed by atoms with van der Waals surface area (Å²) in [5.41, 5.74) is 1.71. The number of hydrogen-bond acceptors (Lipinski definition) is 9. The molecule has 4 aromatic rings. The second kappa shape index (κ2) is 8.14. The van der Waals surface area contributed by atoms with E-state index in [-0.39, 0.29) is 11.5 Å². The Labute approximate surface area is 182 Å². The summed E-state index contributed by atoms with van der Waals surface area (Å²) in [7, 11) is 0. The van der Waals surface area contributed by atoms with E-state index in [0.717, 1.165) is 16.3 Å². The monoisotopic (exact) mass is 432 g/mol. The van der Waals surface area contributed by atoms with Crippen LogP contribution < -0.4 is 5.32 Å². The molecule has 4 atom stereocenters. The summed E-state index contributed by atoms with van der Waals surface area (Å²) in [6.07, 6.45) is -3.10. The van der Waals surface area contributed by atoms with Gasteiger partial charge in [-0.1, -0.05) is 42.5 Å². The first-order chi connectivity index (χ1) is 15.6. The van der Waals surface area contributed by atoms with E-state index in [1.165, 1.54) is 10.9 Å². The molecule has 1 saturated heterocycles. The van der Waals surface area contributed by atoms with Gasteiger partial charge in [0.15, 0.2) is 23.2 Å². The van der Waals surface area contributed by atoms with Gasteiger partial charge in [-0.05, 0) is 16.3 Å². The van der Waals surface area contributed by atoms with Crippen LogP contribution in [0.4, 0.5) is 5.82 Å². The summed E-state index contributed by atoms with van der Waals surface area (Å²) in [4.78, 5) is 12.8. The number of nitrogens with one attached hydrogen (secondary N) is 1. The third-order valence-electron chi connectivity index (χ3n) is 5.64. The summed E-state index contributed by atoms with van der Waals surface area (Å²) in [5.74, 6) is 0.288. The molecule has 10 nitrogen and oxygen atoms in total. The minimum absolute atomic E-state index is 0.0774. The van der Waals surface area contributed by atoms with E-state index < -0.39 is 31.1 Å². The maximum absolute atomic E-state index is 10.4. The summed E-state index contributed by atoms with van der Waals surface area (Å²) in [6, 6.07) is 16.0. The van der Waals surface area contributed by atoms with Crippen LogP contribution in [-0.2, 0) is 11.3 Å². The number of hydrogen-bond donors (Lipinski definition) is 4. The van der Waals surface area contributed by atoms with Crippen molar-refractivity contribution < 1.29 is 20.1 Å². The normalized spacial score (nSPS) is 22.9. The fraction of sp³-hybridized carbons (Fsp3) is 0.273. The van der Waals surface area contributed by atoms with Crippen molar-refractivity contribution >= 4 is 27.8 Å². The van der Waals surface area contributed by atoms with E-state index >= 15 is 0 Å². The lowest BCUT2D eigenvalue weighted by Crippen LogP contribution is -2.33. The number of fused-ring (bicyclic) bond motifs is 2. The van der Waals surface area contributed by atoms with E-state index in [0.29, 0.717) is 17.9 Å². The SMILES string of the molecule is N#Cc1nc(NCc2cccc3ccccc23)c2ncn([C@@H]3O[C@H](CO)[C@@H](O)[C@@H]3O)c2n1. The standard InChI is InChI=1S/C22H20N6O4/c23-8-16-26-20(24-9-13-6-3-5-12-4-1-2-7-14(12)13)17-21(27-16)28(11-25-17)22-19(31)18(30)15(10-29)32-22/h1-7,11,15,18-19,22,29-31H,9-10H2,(H,24,26,27)/t15-,18-,19+,22-/m1/s1. The first-order valence-electron chi connectivity index (χ1n) is 10.1. The van der Waals surface area contributed by atoms with Crippen LogP contribution in [0.3, 0.4) is 0 Å². The Morgan fingerprint density at radius 2 is 1.91 bits per heavy atom. The number of rotatable bonds is 5. The molecule has 2 aromatic heterocycles. The molecule has 1 fully saturated rings. The number of aromatic nitrogens is 4. The molecule has 32 heavy (non-hydrogen) atoms. The molecule has 0 radical (unpaired) electrons. The van der Waals surface area contributed by atoms with E-state index in [4.69, 9.17) is 4.74 Å². The second-order valence-corrected chi connectivity index (χ2v) is 7.55. The molecule has 0 saturated carbocycles. The second-order valence-electron chi connectivity index (χ2n) is 7.55. The molecule has 0 unspecified atom stereocenters. The van der Waals surface area contributed by atoms with Crippen LogP contribution in [0, 0.1) is 11.3 Å². The number of aliphatic hydroxyl groups is 3. The highest BCUT2D eigenvalue weighted by Crippen LogP contribution is 2.32.